The second kappa shape index (κ2) is 8.06. The molecule has 0 aliphatic rings. The monoisotopic (exact) mass is 293 g/mol. The van der Waals surface area contributed by atoms with Gasteiger partial charge in [0.25, 0.3) is 0 Å². The molecule has 1 unspecified atom stereocenters. The van der Waals surface area contributed by atoms with Crippen LogP contribution in [0.25, 0.3) is 0 Å². The normalized spacial score (nSPS) is 11.4. The maximum absolute atomic E-state index is 11.8. The highest BCUT2D eigenvalue weighted by Gasteiger charge is 2.25. The van der Waals surface area contributed by atoms with Gasteiger partial charge < -0.3 is 9.47 Å². The third kappa shape index (κ3) is 5.66. The lowest BCUT2D eigenvalue weighted by atomic mass is 10.1. The molecule has 0 aliphatic heterocycles. The van der Waals surface area contributed by atoms with Gasteiger partial charge in [-0.15, -0.1) is 0 Å². The van der Waals surface area contributed by atoms with E-state index in [4.69, 9.17) is 9.47 Å². The Balaban J connectivity index is 2.57. The molecule has 0 spiro atoms. The van der Waals surface area contributed by atoms with E-state index in [-0.39, 0.29) is 13.2 Å². The largest absolute Gasteiger partial charge is 0.463 e. The van der Waals surface area contributed by atoms with E-state index in [0.29, 0.717) is 10.6 Å². The highest BCUT2D eigenvalue weighted by atomic mass is 16.6. The summed E-state index contributed by atoms with van der Waals surface area (Å²) in [6.45, 7) is 6.36. The van der Waals surface area contributed by atoms with Crippen LogP contribution < -0.4 is 0 Å². The molecule has 114 valence electrons. The van der Waals surface area contributed by atoms with Crippen molar-refractivity contribution < 1.29 is 24.3 Å². The van der Waals surface area contributed by atoms with Gasteiger partial charge in [0.05, 0.1) is 0 Å². The number of carbonyl (C=O) groups is 2. The van der Waals surface area contributed by atoms with Crippen LogP contribution in [0.15, 0.2) is 42.5 Å². The fourth-order valence-corrected chi connectivity index (χ4v) is 1.53. The first-order valence-electron chi connectivity index (χ1n) is 6.39. The second-order valence-electron chi connectivity index (χ2n) is 4.55. The zero-order chi connectivity index (χ0) is 15.8. The van der Waals surface area contributed by atoms with Crippen LogP contribution in [0.3, 0.4) is 0 Å². The summed E-state index contributed by atoms with van der Waals surface area (Å²) in [4.78, 5) is 22.6. The molecule has 1 aromatic rings. The highest BCUT2D eigenvalue weighted by molar-refractivity contribution is 5.68. The summed E-state index contributed by atoms with van der Waals surface area (Å²) >= 11 is 0. The lowest BCUT2D eigenvalue weighted by Gasteiger charge is -2.25. The van der Waals surface area contributed by atoms with Crippen molar-refractivity contribution in [3.63, 3.8) is 0 Å². The molecular weight excluding hydrogens is 274 g/mol. The Morgan fingerprint density at radius 3 is 2.38 bits per heavy atom. The van der Waals surface area contributed by atoms with Gasteiger partial charge in [-0.1, -0.05) is 42.5 Å². The number of nitrogens with zero attached hydrogens (tertiary/aromatic N) is 1. The average molecular weight is 293 g/mol. The lowest BCUT2D eigenvalue weighted by Crippen LogP contribution is -2.41. The molecule has 6 nitrogen and oxygen atoms in total. The van der Waals surface area contributed by atoms with Crippen LogP contribution in [0, 0.1) is 0 Å². The summed E-state index contributed by atoms with van der Waals surface area (Å²) in [5.74, 6) is -0.507. The van der Waals surface area contributed by atoms with Gasteiger partial charge in [-0.05, 0) is 12.5 Å². The Hall–Kier alpha value is -2.34. The van der Waals surface area contributed by atoms with Crippen LogP contribution in [0.1, 0.15) is 19.4 Å². The van der Waals surface area contributed by atoms with E-state index in [1.54, 1.807) is 19.1 Å². The van der Waals surface area contributed by atoms with Gasteiger partial charge in [-0.3, -0.25) is 10.0 Å². The van der Waals surface area contributed by atoms with Gasteiger partial charge in [-0.25, -0.2) is 4.79 Å². The van der Waals surface area contributed by atoms with E-state index in [9.17, 15) is 14.8 Å². The molecule has 0 fully saturated rings. The van der Waals surface area contributed by atoms with Gasteiger partial charge in [0.2, 0.25) is 0 Å². The number of hydrogen-bond acceptors (Lipinski definition) is 5. The first-order chi connectivity index (χ1) is 9.91. The minimum Gasteiger partial charge on any atom is -0.463 e. The highest BCUT2D eigenvalue weighted by Crippen LogP contribution is 2.10. The average Bonchev–Trinajstić information content (AvgIpc) is 2.45. The molecule has 0 saturated carbocycles. The summed E-state index contributed by atoms with van der Waals surface area (Å²) in [6.07, 6.45) is -0.931. The first kappa shape index (κ1) is 16.7. The number of ether oxygens (including phenoxy) is 2. The van der Waals surface area contributed by atoms with E-state index in [1.165, 1.54) is 6.92 Å². The minimum absolute atomic E-state index is 0.0349. The van der Waals surface area contributed by atoms with Crippen molar-refractivity contribution in [2.75, 3.05) is 6.61 Å². The van der Waals surface area contributed by atoms with Crippen molar-refractivity contribution in [3.8, 4) is 0 Å². The van der Waals surface area contributed by atoms with Crippen molar-refractivity contribution in [2.24, 2.45) is 0 Å². The molecule has 0 saturated heterocycles. The third-order valence-electron chi connectivity index (χ3n) is 2.70. The molecule has 1 rings (SSSR count). The molecule has 1 atom stereocenters. The number of carbonyl (C=O) groups excluding carboxylic acids is 2. The number of amides is 1. The van der Waals surface area contributed by atoms with E-state index in [0.717, 1.165) is 5.56 Å². The van der Waals surface area contributed by atoms with Gasteiger partial charge >= 0.3 is 12.1 Å². The Morgan fingerprint density at radius 2 is 1.86 bits per heavy atom. The van der Waals surface area contributed by atoms with Crippen LogP contribution in [0.5, 0.6) is 0 Å². The Kier molecular flexibility index (Phi) is 6.42. The molecule has 21 heavy (non-hydrogen) atoms. The Morgan fingerprint density at radius 1 is 1.24 bits per heavy atom. The van der Waals surface area contributed by atoms with Crippen molar-refractivity contribution in [3.05, 3.63) is 48.0 Å². The molecule has 1 amide bonds. The molecule has 0 radical (unpaired) electrons. The summed E-state index contributed by atoms with van der Waals surface area (Å²) in [7, 11) is 0. The van der Waals surface area contributed by atoms with E-state index in [1.807, 2.05) is 18.2 Å². The molecule has 0 aromatic heterocycles. The van der Waals surface area contributed by atoms with Crippen molar-refractivity contribution in [1.29, 1.82) is 0 Å². The number of rotatable bonds is 6. The quantitative estimate of drug-likeness (QED) is 0.377. The van der Waals surface area contributed by atoms with Crippen LogP contribution in [-0.2, 0) is 20.9 Å². The summed E-state index contributed by atoms with van der Waals surface area (Å²) in [6, 6.07) is 8.22. The predicted molar refractivity (Wildman–Crippen MR) is 75.5 cm³/mol. The van der Waals surface area contributed by atoms with E-state index < -0.39 is 18.1 Å². The molecule has 1 aromatic carbocycles. The zero-order valence-electron chi connectivity index (χ0n) is 12.1. The van der Waals surface area contributed by atoms with Gasteiger partial charge in [-0.2, -0.15) is 5.06 Å². The van der Waals surface area contributed by atoms with Gasteiger partial charge in [0.1, 0.15) is 19.3 Å². The van der Waals surface area contributed by atoms with Crippen LogP contribution in [0.4, 0.5) is 4.79 Å². The predicted octanol–water partition coefficient (Wildman–Crippen LogP) is 2.52. The fraction of sp³-hybridized carbons (Fsp3) is 0.333. The zero-order valence-corrected chi connectivity index (χ0v) is 12.1. The molecule has 1 N–H and O–H groups in total. The number of hydrogen-bond donors (Lipinski definition) is 1. The summed E-state index contributed by atoms with van der Waals surface area (Å²) in [5, 5.41) is 10.2. The van der Waals surface area contributed by atoms with Crippen molar-refractivity contribution in [1.82, 2.24) is 5.06 Å². The van der Waals surface area contributed by atoms with Crippen LogP contribution in [0.2, 0.25) is 0 Å². The minimum atomic E-state index is -0.931. The van der Waals surface area contributed by atoms with Crippen LogP contribution in [-0.4, -0.2) is 35.0 Å². The molecule has 0 bridgehead atoms. The number of hydroxylamine groups is 2. The molecular formula is C15H19NO5. The SMILES string of the molecule is C=C(C)C(COC(C)=O)N(O)C(=O)OCc1ccccc1. The topological polar surface area (TPSA) is 76.1 Å². The summed E-state index contributed by atoms with van der Waals surface area (Å²) in [5.41, 5.74) is 1.27. The maximum Gasteiger partial charge on any atom is 0.434 e. The number of esters is 1. The van der Waals surface area contributed by atoms with Gasteiger partial charge in [0, 0.05) is 6.92 Å². The van der Waals surface area contributed by atoms with Crippen molar-refractivity contribution >= 4 is 12.1 Å². The van der Waals surface area contributed by atoms with E-state index >= 15 is 0 Å². The molecule has 0 aliphatic carbocycles. The smallest absolute Gasteiger partial charge is 0.434 e. The van der Waals surface area contributed by atoms with E-state index in [2.05, 4.69) is 6.58 Å². The molecule has 0 heterocycles. The standard InChI is InChI=1S/C15H19NO5/c1-11(2)14(10-20-12(3)17)16(19)15(18)21-9-13-7-5-4-6-8-13/h4-8,14,19H,1,9-10H2,2-3H3. The summed E-state index contributed by atoms with van der Waals surface area (Å²) < 4.78 is 9.77. The Labute approximate surface area is 123 Å². The second-order valence-corrected chi connectivity index (χ2v) is 4.55. The third-order valence-corrected chi connectivity index (χ3v) is 2.70. The van der Waals surface area contributed by atoms with Crippen LogP contribution >= 0.6 is 0 Å². The maximum atomic E-state index is 11.8. The van der Waals surface area contributed by atoms with Gasteiger partial charge in [0.15, 0.2) is 0 Å². The fourth-order valence-electron chi connectivity index (χ4n) is 1.53. The Bertz CT molecular complexity index is 500. The lowest BCUT2D eigenvalue weighted by molar-refractivity contribution is -0.149. The number of benzene rings is 1. The first-order valence-corrected chi connectivity index (χ1v) is 6.39. The van der Waals surface area contributed by atoms with Crippen molar-refractivity contribution in [2.45, 2.75) is 26.5 Å². The molecule has 6 heteroatoms.